The Morgan fingerprint density at radius 1 is 0.491 bits per heavy atom. The van der Waals surface area contributed by atoms with Gasteiger partial charge in [-0.2, -0.15) is 0 Å². The number of amides is 1. The van der Waals surface area contributed by atoms with Crippen LogP contribution in [0.15, 0.2) is 0 Å². The minimum absolute atomic E-state index is 0.160. The molecule has 0 aromatic carbocycles. The third-order valence-electron chi connectivity index (χ3n) is 10.9. The topological polar surface area (TPSA) is 66.9 Å². The van der Waals surface area contributed by atoms with Crippen LogP contribution in [-0.2, 0) is 19.1 Å². The minimum atomic E-state index is 0.160. The van der Waals surface area contributed by atoms with Gasteiger partial charge in [0.15, 0.2) is 0 Å². The Morgan fingerprint density at radius 3 is 1.23 bits per heavy atom. The van der Waals surface area contributed by atoms with E-state index in [0.29, 0.717) is 18.9 Å². The lowest BCUT2D eigenvalue weighted by Gasteiger charge is -2.24. The maximum Gasteiger partial charge on any atom is 0.293 e. The third kappa shape index (κ3) is 56.3. The van der Waals surface area contributed by atoms with Crippen LogP contribution in [0, 0.1) is 12.3 Å². The normalized spacial score (nSPS) is 10.6. The second-order valence-corrected chi connectivity index (χ2v) is 16.6. The van der Waals surface area contributed by atoms with E-state index in [9.17, 15) is 14.4 Å². The minimum Gasteiger partial charge on any atom is -0.468 e. The van der Waals surface area contributed by atoms with E-state index in [-0.39, 0.29) is 5.91 Å². The molecule has 0 aromatic heterocycles. The molecule has 0 radical (unpaired) electrons. The zero-order chi connectivity index (χ0) is 42.7. The summed E-state index contributed by atoms with van der Waals surface area (Å²) in [5, 5.41) is 0. The molecule has 0 bridgehead atoms. The Hall–Kier alpha value is -1.87. The molecular formula is C51H100N2O4. The van der Waals surface area contributed by atoms with Gasteiger partial charge in [-0.25, -0.2) is 0 Å². The van der Waals surface area contributed by atoms with Gasteiger partial charge in [0.25, 0.3) is 6.47 Å². The Labute approximate surface area is 357 Å². The highest BCUT2D eigenvalue weighted by molar-refractivity contribution is 5.78. The number of carbonyl (C=O) groups is 3. The van der Waals surface area contributed by atoms with Crippen LogP contribution in [-0.4, -0.2) is 67.8 Å². The number of Topliss-reactive ketones (excluding diaryl/α,β-unsaturated/α-hetero) is 1. The van der Waals surface area contributed by atoms with Gasteiger partial charge in [-0.05, 0) is 64.6 Å². The highest BCUT2D eigenvalue weighted by Gasteiger charge is 2.08. The summed E-state index contributed by atoms with van der Waals surface area (Å²) in [6.07, 6.45) is 48.7. The largest absolute Gasteiger partial charge is 0.468 e. The molecule has 0 aliphatic rings. The first-order chi connectivity index (χ1) is 27.8. The molecule has 0 rings (SSSR count). The molecule has 0 aliphatic heterocycles. The number of unbranched alkanes of at least 4 members (excludes halogenated alkanes) is 27. The molecular weight excluding hydrogens is 705 g/mol. The van der Waals surface area contributed by atoms with Crippen LogP contribution in [0.25, 0.3) is 0 Å². The molecule has 0 N–H and O–H groups in total. The smallest absolute Gasteiger partial charge is 0.293 e. The molecule has 0 saturated carbocycles. The first-order valence-electron chi connectivity index (χ1n) is 24.8. The molecule has 0 heterocycles. The first-order valence-corrected chi connectivity index (χ1v) is 24.8. The summed E-state index contributed by atoms with van der Waals surface area (Å²) in [6.45, 7) is 16.1. The summed E-state index contributed by atoms with van der Waals surface area (Å²) in [7, 11) is 1.90. The second-order valence-electron chi connectivity index (χ2n) is 16.6. The molecule has 6 nitrogen and oxygen atoms in total. The molecule has 0 atom stereocenters. The van der Waals surface area contributed by atoms with Crippen molar-refractivity contribution in [1.82, 2.24) is 9.80 Å². The lowest BCUT2D eigenvalue weighted by atomic mass is 10.0. The molecule has 0 aromatic rings. The van der Waals surface area contributed by atoms with Crippen LogP contribution in [0.4, 0.5) is 0 Å². The number of carbonyl (C=O) groups excluding carboxylic acids is 3. The van der Waals surface area contributed by atoms with Gasteiger partial charge in [-0.3, -0.25) is 14.4 Å². The fourth-order valence-corrected chi connectivity index (χ4v) is 6.93. The molecule has 0 spiro atoms. The van der Waals surface area contributed by atoms with Gasteiger partial charge in [-0.1, -0.05) is 188 Å². The molecule has 57 heavy (non-hydrogen) atoms. The molecule has 6 heteroatoms. The first kappa shape index (κ1) is 59.4. The molecule has 0 fully saturated rings. The monoisotopic (exact) mass is 805 g/mol. The Morgan fingerprint density at radius 2 is 0.842 bits per heavy atom. The summed E-state index contributed by atoms with van der Waals surface area (Å²) in [4.78, 5) is 37.7. The van der Waals surface area contributed by atoms with Crippen molar-refractivity contribution in [3.8, 4) is 12.3 Å². The quantitative estimate of drug-likeness (QED) is 0.0349. The van der Waals surface area contributed by atoms with Crippen molar-refractivity contribution < 1.29 is 19.1 Å². The summed E-state index contributed by atoms with van der Waals surface area (Å²) in [5.74, 6) is 3.31. The average Bonchev–Trinajstić information content (AvgIpc) is 3.21. The van der Waals surface area contributed by atoms with Gasteiger partial charge in [0.05, 0.1) is 6.61 Å². The van der Waals surface area contributed by atoms with Crippen molar-refractivity contribution in [2.24, 2.45) is 0 Å². The average molecular weight is 805 g/mol. The summed E-state index contributed by atoms with van der Waals surface area (Å²) in [6, 6.07) is 0. The van der Waals surface area contributed by atoms with E-state index in [0.717, 1.165) is 58.0 Å². The third-order valence-corrected chi connectivity index (χ3v) is 10.9. The fourth-order valence-electron chi connectivity index (χ4n) is 6.93. The number of terminal acetylenes is 1. The molecule has 0 unspecified atom stereocenters. The van der Waals surface area contributed by atoms with Crippen molar-refractivity contribution in [1.29, 1.82) is 0 Å². The number of rotatable bonds is 42. The zero-order valence-corrected chi connectivity index (χ0v) is 39.5. The van der Waals surface area contributed by atoms with Crippen molar-refractivity contribution in [2.75, 3.05) is 39.8 Å². The number of nitrogens with zero attached hydrogens (tertiary/aromatic N) is 2. The van der Waals surface area contributed by atoms with E-state index >= 15 is 0 Å². The van der Waals surface area contributed by atoms with E-state index in [2.05, 4.69) is 43.3 Å². The van der Waals surface area contributed by atoms with Crippen LogP contribution in [0.5, 0.6) is 0 Å². The second kappa shape index (κ2) is 54.1. The molecule has 0 saturated heterocycles. The predicted octanol–water partition coefficient (Wildman–Crippen LogP) is 14.8. The number of ether oxygens (including phenoxy) is 1. The summed E-state index contributed by atoms with van der Waals surface area (Å²) < 4.78 is 4.58. The Balaban J connectivity index is -0.00000102. The van der Waals surface area contributed by atoms with Crippen LogP contribution >= 0.6 is 0 Å². The maximum absolute atomic E-state index is 12.1. The fraction of sp³-hybridized carbons (Fsp3) is 0.902. The molecule has 338 valence electrons. The molecule has 0 aliphatic carbocycles. The standard InChI is InChI=1S/C30H60N2O2.C11H20.C10H20O2/c1-5-7-9-11-14-18-23-30(34)24-19-15-13-17-21-27-32(26-20-16-12-10-8-6-2)28-22-25-31(4)29(3)33;1-3-5-7-9-11-10-8-6-4-2;1-2-3-4-5-6-7-8-9-12-10-11/h5-28H2,1-4H3;1H,4-11H2,2H3;10H,2-9H2,1H3. The van der Waals surface area contributed by atoms with Crippen LogP contribution < -0.4 is 0 Å². The Bertz CT molecular complexity index is 842. The van der Waals surface area contributed by atoms with Crippen molar-refractivity contribution >= 4 is 18.2 Å². The van der Waals surface area contributed by atoms with Crippen LogP contribution in [0.1, 0.15) is 259 Å². The SMILES string of the molecule is C#CCCCCCCCCC.CCCCCCCCC(=O)CCCCCCCN(CCCCCCCC)CCCN(C)C(C)=O.CCCCCCCCCOC=O. The summed E-state index contributed by atoms with van der Waals surface area (Å²) in [5.41, 5.74) is 0. The number of hydrogen-bond acceptors (Lipinski definition) is 5. The van der Waals surface area contributed by atoms with E-state index in [4.69, 9.17) is 6.42 Å². The van der Waals surface area contributed by atoms with E-state index in [1.165, 1.54) is 193 Å². The van der Waals surface area contributed by atoms with Gasteiger partial charge < -0.3 is 14.5 Å². The van der Waals surface area contributed by atoms with Gasteiger partial charge in [0, 0.05) is 39.8 Å². The van der Waals surface area contributed by atoms with Crippen molar-refractivity contribution in [2.45, 2.75) is 259 Å². The number of hydrogen-bond donors (Lipinski definition) is 0. The van der Waals surface area contributed by atoms with E-state index in [1.54, 1.807) is 6.92 Å². The number of ketones is 1. The van der Waals surface area contributed by atoms with Crippen molar-refractivity contribution in [3.63, 3.8) is 0 Å². The highest BCUT2D eigenvalue weighted by atomic mass is 16.5. The van der Waals surface area contributed by atoms with E-state index < -0.39 is 0 Å². The van der Waals surface area contributed by atoms with Gasteiger partial charge in [-0.15, -0.1) is 12.3 Å². The lowest BCUT2D eigenvalue weighted by Crippen LogP contribution is -2.31. The molecule has 1 amide bonds. The van der Waals surface area contributed by atoms with Crippen LogP contribution in [0.2, 0.25) is 0 Å². The lowest BCUT2D eigenvalue weighted by molar-refractivity contribution is -0.129. The van der Waals surface area contributed by atoms with Gasteiger partial charge >= 0.3 is 0 Å². The van der Waals surface area contributed by atoms with Gasteiger partial charge in [0.1, 0.15) is 5.78 Å². The zero-order valence-electron chi connectivity index (χ0n) is 39.5. The van der Waals surface area contributed by atoms with Crippen LogP contribution in [0.3, 0.4) is 0 Å². The highest BCUT2D eigenvalue weighted by Crippen LogP contribution is 2.13. The Kier molecular flexibility index (Phi) is 56.4. The van der Waals surface area contributed by atoms with E-state index in [1.807, 2.05) is 11.9 Å². The maximum atomic E-state index is 12.1. The van der Waals surface area contributed by atoms with Crippen molar-refractivity contribution in [3.05, 3.63) is 0 Å². The summed E-state index contributed by atoms with van der Waals surface area (Å²) >= 11 is 0. The van der Waals surface area contributed by atoms with Gasteiger partial charge in [0.2, 0.25) is 5.91 Å². The predicted molar refractivity (Wildman–Crippen MR) is 250 cm³/mol.